The summed E-state index contributed by atoms with van der Waals surface area (Å²) < 4.78 is 10.8. The Morgan fingerprint density at radius 1 is 1.20 bits per heavy atom. The molecule has 0 radical (unpaired) electrons. The maximum atomic E-state index is 11.9. The Balaban J connectivity index is 1.61. The molecule has 3 rings (SSSR count). The number of methoxy groups -OCH3 is 1. The molecule has 1 aromatic heterocycles. The zero-order valence-electron chi connectivity index (χ0n) is 13.3. The summed E-state index contributed by atoms with van der Waals surface area (Å²) >= 11 is 5.87. The summed E-state index contributed by atoms with van der Waals surface area (Å²) in [5.74, 6) is 1.23. The highest BCUT2D eigenvalue weighted by atomic mass is 35.5. The van der Waals surface area contributed by atoms with E-state index >= 15 is 0 Å². The molecule has 0 aliphatic rings. The van der Waals surface area contributed by atoms with Crippen molar-refractivity contribution >= 4 is 23.3 Å². The first kappa shape index (κ1) is 16.8. The summed E-state index contributed by atoms with van der Waals surface area (Å²) in [6.07, 6.45) is 0. The predicted molar refractivity (Wildman–Crippen MR) is 93.6 cm³/mol. The number of nitrogens with zero attached hydrogens (tertiary/aromatic N) is 2. The lowest BCUT2D eigenvalue weighted by molar-refractivity contribution is 0.250. The van der Waals surface area contributed by atoms with Gasteiger partial charge in [0.15, 0.2) is 0 Å². The van der Waals surface area contributed by atoms with Gasteiger partial charge in [0.2, 0.25) is 5.89 Å². The number of benzene rings is 2. The van der Waals surface area contributed by atoms with Gasteiger partial charge in [-0.2, -0.15) is 0 Å². The summed E-state index contributed by atoms with van der Waals surface area (Å²) in [4.78, 5) is 11.9. The van der Waals surface area contributed by atoms with Crippen LogP contribution >= 0.6 is 11.6 Å². The average Bonchev–Trinajstić information content (AvgIpc) is 3.09. The number of nitrogens with one attached hydrogen (secondary N) is 2. The van der Waals surface area contributed by atoms with Crippen LogP contribution in [0.3, 0.4) is 0 Å². The number of urea groups is 1. The highest BCUT2D eigenvalue weighted by molar-refractivity contribution is 6.30. The van der Waals surface area contributed by atoms with E-state index in [0.29, 0.717) is 27.9 Å². The first-order valence-electron chi connectivity index (χ1n) is 7.42. The van der Waals surface area contributed by atoms with E-state index in [4.69, 9.17) is 20.8 Å². The van der Waals surface area contributed by atoms with Crippen LogP contribution in [0.5, 0.6) is 5.75 Å². The molecule has 128 valence electrons. The van der Waals surface area contributed by atoms with Crippen molar-refractivity contribution in [1.29, 1.82) is 0 Å². The molecule has 3 aromatic rings. The molecular weight excluding hydrogens is 344 g/mol. The SMILES string of the molecule is COc1ccccc1-c1nnc(CNC(=O)Nc2cccc(Cl)c2)o1. The number of carbonyl (C=O) groups is 1. The fourth-order valence-electron chi connectivity index (χ4n) is 2.15. The number of hydrogen-bond donors (Lipinski definition) is 2. The van der Waals surface area contributed by atoms with Crippen molar-refractivity contribution in [3.8, 4) is 17.2 Å². The Bertz CT molecular complexity index is 882. The molecule has 0 aliphatic heterocycles. The molecule has 0 spiro atoms. The van der Waals surface area contributed by atoms with E-state index in [1.54, 1.807) is 37.4 Å². The van der Waals surface area contributed by atoms with Gasteiger partial charge in [0.1, 0.15) is 5.75 Å². The van der Waals surface area contributed by atoms with E-state index in [9.17, 15) is 4.79 Å². The lowest BCUT2D eigenvalue weighted by Gasteiger charge is -2.06. The van der Waals surface area contributed by atoms with Gasteiger partial charge in [0, 0.05) is 10.7 Å². The van der Waals surface area contributed by atoms with E-state index in [0.717, 1.165) is 0 Å². The maximum absolute atomic E-state index is 11.9. The number of carbonyl (C=O) groups excluding carboxylic acids is 1. The molecule has 0 atom stereocenters. The lowest BCUT2D eigenvalue weighted by atomic mass is 10.2. The zero-order valence-corrected chi connectivity index (χ0v) is 14.1. The molecule has 2 N–H and O–H groups in total. The van der Waals surface area contributed by atoms with Gasteiger partial charge >= 0.3 is 6.03 Å². The zero-order chi connectivity index (χ0) is 17.6. The Morgan fingerprint density at radius 2 is 2.04 bits per heavy atom. The van der Waals surface area contributed by atoms with Crippen LogP contribution in [0.1, 0.15) is 5.89 Å². The smallest absolute Gasteiger partial charge is 0.319 e. The number of amides is 2. The number of aromatic nitrogens is 2. The number of para-hydroxylation sites is 1. The number of anilines is 1. The van der Waals surface area contributed by atoms with E-state index in [1.807, 2.05) is 18.2 Å². The van der Waals surface area contributed by atoms with Gasteiger partial charge in [-0.25, -0.2) is 4.79 Å². The Hall–Kier alpha value is -3.06. The van der Waals surface area contributed by atoms with Crippen molar-refractivity contribution in [2.75, 3.05) is 12.4 Å². The fraction of sp³-hybridized carbons (Fsp3) is 0.118. The second-order valence-electron chi connectivity index (χ2n) is 5.02. The minimum atomic E-state index is -0.403. The van der Waals surface area contributed by atoms with Gasteiger partial charge in [-0.3, -0.25) is 0 Å². The molecule has 2 aromatic carbocycles. The summed E-state index contributed by atoms with van der Waals surface area (Å²) in [7, 11) is 1.57. The predicted octanol–water partition coefficient (Wildman–Crippen LogP) is 3.72. The first-order valence-corrected chi connectivity index (χ1v) is 7.79. The van der Waals surface area contributed by atoms with Crippen molar-refractivity contribution in [2.45, 2.75) is 6.54 Å². The molecule has 0 aliphatic carbocycles. The van der Waals surface area contributed by atoms with Crippen LogP contribution in [-0.2, 0) is 6.54 Å². The summed E-state index contributed by atoms with van der Waals surface area (Å²) in [6, 6.07) is 13.8. The average molecular weight is 359 g/mol. The molecule has 0 fully saturated rings. The third kappa shape index (κ3) is 4.27. The van der Waals surface area contributed by atoms with Gasteiger partial charge in [-0.1, -0.05) is 29.8 Å². The Kier molecular flexibility index (Phi) is 5.15. The minimum Gasteiger partial charge on any atom is -0.496 e. The number of ether oxygens (including phenoxy) is 1. The minimum absolute atomic E-state index is 0.0918. The highest BCUT2D eigenvalue weighted by Gasteiger charge is 2.13. The quantitative estimate of drug-likeness (QED) is 0.725. The van der Waals surface area contributed by atoms with E-state index < -0.39 is 6.03 Å². The molecule has 0 unspecified atom stereocenters. The molecule has 7 nitrogen and oxygen atoms in total. The van der Waals surface area contributed by atoms with Gasteiger partial charge in [-0.15, -0.1) is 10.2 Å². The largest absolute Gasteiger partial charge is 0.496 e. The molecule has 1 heterocycles. The molecule has 2 amide bonds. The summed E-state index contributed by atoms with van der Waals surface area (Å²) in [6.45, 7) is 0.0918. The van der Waals surface area contributed by atoms with Crippen molar-refractivity contribution in [3.05, 3.63) is 59.4 Å². The van der Waals surface area contributed by atoms with Crippen LogP contribution in [0.25, 0.3) is 11.5 Å². The highest BCUT2D eigenvalue weighted by Crippen LogP contribution is 2.28. The van der Waals surface area contributed by atoms with Crippen LogP contribution in [0, 0.1) is 0 Å². The summed E-state index contributed by atoms with van der Waals surface area (Å²) in [5.41, 5.74) is 1.28. The van der Waals surface area contributed by atoms with Gasteiger partial charge < -0.3 is 19.8 Å². The maximum Gasteiger partial charge on any atom is 0.319 e. The second kappa shape index (κ2) is 7.67. The van der Waals surface area contributed by atoms with Gasteiger partial charge in [-0.05, 0) is 30.3 Å². The van der Waals surface area contributed by atoms with E-state index in [1.165, 1.54) is 0 Å². The van der Waals surface area contributed by atoms with Crippen LogP contribution in [0.4, 0.5) is 10.5 Å². The normalized spacial score (nSPS) is 10.3. The Labute approximate surface area is 149 Å². The van der Waals surface area contributed by atoms with Crippen molar-refractivity contribution in [1.82, 2.24) is 15.5 Å². The standard InChI is InChI=1S/C17H15ClN4O3/c1-24-14-8-3-2-7-13(14)16-22-21-15(25-16)10-19-17(23)20-12-6-4-5-11(18)9-12/h2-9H,10H2,1H3,(H2,19,20,23). The van der Waals surface area contributed by atoms with Crippen LogP contribution in [0.2, 0.25) is 5.02 Å². The second-order valence-corrected chi connectivity index (χ2v) is 5.46. The van der Waals surface area contributed by atoms with Crippen molar-refractivity contribution in [3.63, 3.8) is 0 Å². The molecule has 0 saturated carbocycles. The fourth-order valence-corrected chi connectivity index (χ4v) is 2.34. The molecule has 25 heavy (non-hydrogen) atoms. The Morgan fingerprint density at radius 3 is 2.84 bits per heavy atom. The van der Waals surface area contributed by atoms with Crippen molar-refractivity contribution in [2.24, 2.45) is 0 Å². The molecule has 0 bridgehead atoms. The first-order chi connectivity index (χ1) is 12.2. The topological polar surface area (TPSA) is 89.3 Å². The third-order valence-electron chi connectivity index (χ3n) is 3.29. The van der Waals surface area contributed by atoms with Gasteiger partial charge in [0.25, 0.3) is 5.89 Å². The number of rotatable bonds is 5. The third-order valence-corrected chi connectivity index (χ3v) is 3.52. The van der Waals surface area contributed by atoms with Crippen LogP contribution < -0.4 is 15.4 Å². The van der Waals surface area contributed by atoms with Crippen LogP contribution in [0.15, 0.2) is 52.9 Å². The van der Waals surface area contributed by atoms with E-state index in [-0.39, 0.29) is 12.4 Å². The van der Waals surface area contributed by atoms with Crippen molar-refractivity contribution < 1.29 is 13.9 Å². The molecule has 0 saturated heterocycles. The molecule has 8 heteroatoms. The number of hydrogen-bond acceptors (Lipinski definition) is 5. The lowest BCUT2D eigenvalue weighted by Crippen LogP contribution is -2.28. The van der Waals surface area contributed by atoms with Crippen LogP contribution in [-0.4, -0.2) is 23.3 Å². The number of halogens is 1. The molecular formula is C17H15ClN4O3. The monoisotopic (exact) mass is 358 g/mol. The summed E-state index contributed by atoms with van der Waals surface area (Å²) in [5, 5.41) is 13.8. The van der Waals surface area contributed by atoms with E-state index in [2.05, 4.69) is 20.8 Å². The van der Waals surface area contributed by atoms with Gasteiger partial charge in [0.05, 0.1) is 19.2 Å².